The van der Waals surface area contributed by atoms with Gasteiger partial charge in [-0.2, -0.15) is 5.10 Å². The molecule has 0 saturated carbocycles. The minimum absolute atomic E-state index is 0.0830. The molecule has 8 heteroatoms. The van der Waals surface area contributed by atoms with Gasteiger partial charge in [0.25, 0.3) is 11.8 Å². The number of ether oxygens (including phenoxy) is 2. The fraction of sp³-hybridized carbons (Fsp3) is 0.263. The number of nitrogens with zero attached hydrogens (tertiary/aromatic N) is 4. The van der Waals surface area contributed by atoms with E-state index in [1.165, 1.54) is 0 Å². The number of H-pyrrole nitrogens is 1. The van der Waals surface area contributed by atoms with Crippen molar-refractivity contribution in [1.29, 1.82) is 0 Å². The average molecular weight is 365 g/mol. The van der Waals surface area contributed by atoms with Crippen LogP contribution in [0.1, 0.15) is 35.9 Å². The number of carbonyl (C=O) groups excluding carboxylic acids is 1. The van der Waals surface area contributed by atoms with Crippen LogP contribution >= 0.6 is 0 Å². The Balaban J connectivity index is 1.72. The van der Waals surface area contributed by atoms with Gasteiger partial charge in [0.1, 0.15) is 0 Å². The maximum atomic E-state index is 12.8. The third kappa shape index (κ3) is 2.79. The van der Waals surface area contributed by atoms with E-state index in [-0.39, 0.29) is 11.9 Å². The van der Waals surface area contributed by atoms with Crippen LogP contribution in [0.15, 0.2) is 36.8 Å². The van der Waals surface area contributed by atoms with E-state index < -0.39 is 0 Å². The summed E-state index contributed by atoms with van der Waals surface area (Å²) in [6.07, 6.45) is 5.02. The zero-order chi connectivity index (χ0) is 19.0. The van der Waals surface area contributed by atoms with Crippen LogP contribution in [0, 0.1) is 0 Å². The van der Waals surface area contributed by atoms with Crippen molar-refractivity contribution in [2.45, 2.75) is 19.9 Å². The Morgan fingerprint density at radius 3 is 2.85 bits per heavy atom. The Kier molecular flexibility index (Phi) is 4.23. The number of hydrogen-bond donors (Lipinski definition) is 1. The molecule has 4 rings (SSSR count). The lowest BCUT2D eigenvalue weighted by Gasteiger charge is -2.19. The van der Waals surface area contributed by atoms with Crippen LogP contribution in [0.3, 0.4) is 0 Å². The molecule has 0 radical (unpaired) electrons. The number of nitrogens with one attached hydrogen (secondary N) is 1. The summed E-state index contributed by atoms with van der Waals surface area (Å²) in [4.78, 5) is 23.5. The smallest absolute Gasteiger partial charge is 0.260 e. The molecule has 1 aliphatic rings. The first-order valence-corrected chi connectivity index (χ1v) is 8.64. The Labute approximate surface area is 156 Å². The van der Waals surface area contributed by atoms with E-state index in [4.69, 9.17) is 14.5 Å². The maximum absolute atomic E-state index is 12.8. The van der Waals surface area contributed by atoms with Crippen LogP contribution in [-0.4, -0.2) is 39.8 Å². The maximum Gasteiger partial charge on any atom is 0.260 e. The number of anilines is 1. The number of methoxy groups -OCH3 is 1. The second-order valence-electron chi connectivity index (χ2n) is 6.10. The molecule has 0 aliphatic carbocycles. The summed E-state index contributed by atoms with van der Waals surface area (Å²) in [5.74, 6) is 0.903. The molecule has 3 aromatic heterocycles. The van der Waals surface area contributed by atoms with Gasteiger partial charge < -0.3 is 9.47 Å². The number of aromatic nitrogens is 4. The zero-order valence-corrected chi connectivity index (χ0v) is 15.3. The first kappa shape index (κ1) is 17.0. The lowest BCUT2D eigenvalue weighted by Crippen LogP contribution is -2.25. The van der Waals surface area contributed by atoms with E-state index in [0.29, 0.717) is 23.8 Å². The molecular formula is C19H19N5O3. The van der Waals surface area contributed by atoms with E-state index in [9.17, 15) is 4.79 Å². The molecule has 4 heterocycles. The van der Waals surface area contributed by atoms with Crippen molar-refractivity contribution >= 4 is 11.6 Å². The predicted octanol–water partition coefficient (Wildman–Crippen LogP) is 3.00. The lowest BCUT2D eigenvalue weighted by molar-refractivity contribution is 0.0992. The van der Waals surface area contributed by atoms with Gasteiger partial charge in [0.05, 0.1) is 48.6 Å². The molecule has 0 saturated heterocycles. The molecule has 1 amide bonds. The number of fused-ring (bicyclic) bond motifs is 1. The number of amides is 1. The van der Waals surface area contributed by atoms with Crippen LogP contribution in [0.5, 0.6) is 11.6 Å². The van der Waals surface area contributed by atoms with Gasteiger partial charge >= 0.3 is 0 Å². The minimum atomic E-state index is -0.192. The van der Waals surface area contributed by atoms with Crippen molar-refractivity contribution in [3.63, 3.8) is 0 Å². The Hall–Kier alpha value is -3.42. The SMILES string of the molecule is CCOc1ncc(-c2ccc3c(n2)[C@H](C)N(c2cn[nH]c2)C3=O)cc1OC. The molecule has 27 heavy (non-hydrogen) atoms. The summed E-state index contributed by atoms with van der Waals surface area (Å²) in [6, 6.07) is 5.27. The summed E-state index contributed by atoms with van der Waals surface area (Å²) in [5, 5.41) is 6.67. The molecular weight excluding hydrogens is 346 g/mol. The van der Waals surface area contributed by atoms with E-state index in [2.05, 4.69) is 15.2 Å². The lowest BCUT2D eigenvalue weighted by atomic mass is 10.1. The summed E-state index contributed by atoms with van der Waals surface area (Å²) in [6.45, 7) is 4.34. The molecule has 138 valence electrons. The second kappa shape index (κ2) is 6.71. The fourth-order valence-corrected chi connectivity index (χ4v) is 3.24. The van der Waals surface area contributed by atoms with E-state index in [0.717, 1.165) is 22.6 Å². The van der Waals surface area contributed by atoms with Gasteiger partial charge in [0, 0.05) is 18.0 Å². The molecule has 1 N–H and O–H groups in total. The molecule has 0 bridgehead atoms. The first-order valence-electron chi connectivity index (χ1n) is 8.64. The van der Waals surface area contributed by atoms with Crippen molar-refractivity contribution in [2.75, 3.05) is 18.6 Å². The van der Waals surface area contributed by atoms with Crippen LogP contribution in [-0.2, 0) is 0 Å². The number of aromatic amines is 1. The fourth-order valence-electron chi connectivity index (χ4n) is 3.24. The Bertz CT molecular complexity index is 987. The molecule has 1 aliphatic heterocycles. The highest BCUT2D eigenvalue weighted by molar-refractivity contribution is 6.10. The van der Waals surface area contributed by atoms with Gasteiger partial charge in [-0.25, -0.2) is 9.97 Å². The highest BCUT2D eigenvalue weighted by atomic mass is 16.5. The van der Waals surface area contributed by atoms with Crippen LogP contribution in [0.4, 0.5) is 5.69 Å². The number of pyridine rings is 2. The summed E-state index contributed by atoms with van der Waals surface area (Å²) in [5.41, 5.74) is 3.55. The first-order chi connectivity index (χ1) is 13.1. The van der Waals surface area contributed by atoms with Crippen molar-refractivity contribution < 1.29 is 14.3 Å². The summed E-state index contributed by atoms with van der Waals surface area (Å²) >= 11 is 0. The predicted molar refractivity (Wildman–Crippen MR) is 99.0 cm³/mol. The molecule has 3 aromatic rings. The van der Waals surface area contributed by atoms with Gasteiger partial charge in [-0.15, -0.1) is 0 Å². The standard InChI is InChI=1S/C19H19N5O3/c1-4-27-18-16(26-3)7-12(8-20-18)15-6-5-14-17(23-15)11(2)24(19(14)25)13-9-21-22-10-13/h5-11H,4H2,1-3H3,(H,21,22)/t11-/m0/s1. The third-order valence-corrected chi connectivity index (χ3v) is 4.53. The number of carbonyl (C=O) groups is 1. The Morgan fingerprint density at radius 1 is 1.30 bits per heavy atom. The second-order valence-corrected chi connectivity index (χ2v) is 6.10. The number of rotatable bonds is 5. The molecule has 0 spiro atoms. The van der Waals surface area contributed by atoms with Gasteiger partial charge in [0.2, 0.25) is 0 Å². The molecule has 8 nitrogen and oxygen atoms in total. The van der Waals surface area contributed by atoms with E-state index in [1.54, 1.807) is 36.7 Å². The zero-order valence-electron chi connectivity index (χ0n) is 15.3. The summed E-state index contributed by atoms with van der Waals surface area (Å²) < 4.78 is 10.8. The van der Waals surface area contributed by atoms with Crippen LogP contribution in [0.25, 0.3) is 11.3 Å². The highest BCUT2D eigenvalue weighted by Crippen LogP contribution is 2.37. The Morgan fingerprint density at radius 2 is 2.15 bits per heavy atom. The quantitative estimate of drug-likeness (QED) is 0.747. The molecule has 0 fully saturated rings. The number of hydrogen-bond acceptors (Lipinski definition) is 6. The largest absolute Gasteiger partial charge is 0.491 e. The minimum Gasteiger partial charge on any atom is -0.491 e. The normalized spacial score (nSPS) is 15.7. The molecule has 0 unspecified atom stereocenters. The third-order valence-electron chi connectivity index (χ3n) is 4.53. The highest BCUT2D eigenvalue weighted by Gasteiger charge is 2.37. The van der Waals surface area contributed by atoms with Crippen molar-refractivity contribution in [1.82, 2.24) is 20.2 Å². The van der Waals surface area contributed by atoms with Gasteiger partial charge in [-0.05, 0) is 32.0 Å². The molecule has 1 atom stereocenters. The van der Waals surface area contributed by atoms with E-state index in [1.807, 2.05) is 26.0 Å². The van der Waals surface area contributed by atoms with Crippen LogP contribution in [0.2, 0.25) is 0 Å². The van der Waals surface area contributed by atoms with Gasteiger partial charge in [0.15, 0.2) is 5.75 Å². The topological polar surface area (TPSA) is 93.2 Å². The van der Waals surface area contributed by atoms with Gasteiger partial charge in [-0.3, -0.25) is 14.8 Å². The summed E-state index contributed by atoms with van der Waals surface area (Å²) in [7, 11) is 1.57. The average Bonchev–Trinajstić information content (AvgIpc) is 3.29. The molecule has 0 aromatic carbocycles. The van der Waals surface area contributed by atoms with E-state index >= 15 is 0 Å². The monoisotopic (exact) mass is 365 g/mol. The van der Waals surface area contributed by atoms with Crippen molar-refractivity contribution in [3.8, 4) is 22.9 Å². The van der Waals surface area contributed by atoms with Gasteiger partial charge in [-0.1, -0.05) is 0 Å². The van der Waals surface area contributed by atoms with Crippen molar-refractivity contribution in [2.24, 2.45) is 0 Å². The van der Waals surface area contributed by atoms with Crippen molar-refractivity contribution in [3.05, 3.63) is 48.0 Å². The van der Waals surface area contributed by atoms with Crippen LogP contribution < -0.4 is 14.4 Å².